The number of halogens is 3. The number of aromatic nitrogens is 1. The molecule has 14 heavy (non-hydrogen) atoms. The van der Waals surface area contributed by atoms with Gasteiger partial charge in [0.25, 0.3) is 5.95 Å². The average Bonchev–Trinajstić information content (AvgIpc) is 2.87. The summed E-state index contributed by atoms with van der Waals surface area (Å²) in [5.41, 5.74) is -1.27. The van der Waals surface area contributed by atoms with Gasteiger partial charge < -0.3 is 4.74 Å². The first-order valence-electron chi connectivity index (χ1n) is 4.22. The van der Waals surface area contributed by atoms with Crippen LogP contribution in [-0.2, 0) is 0 Å². The van der Waals surface area contributed by atoms with E-state index in [4.69, 9.17) is 16.3 Å². The zero-order valence-corrected chi connectivity index (χ0v) is 8.02. The molecule has 2 nitrogen and oxygen atoms in total. The highest BCUT2D eigenvalue weighted by Crippen LogP contribution is 2.40. The summed E-state index contributed by atoms with van der Waals surface area (Å²) in [5.74, 6) is -0.861. The molecule has 0 bridgehead atoms. The Morgan fingerprint density at radius 2 is 2.29 bits per heavy atom. The van der Waals surface area contributed by atoms with E-state index in [0.717, 1.165) is 0 Å². The second-order valence-electron chi connectivity index (χ2n) is 3.38. The largest absolute Gasteiger partial charge is 0.485 e. The van der Waals surface area contributed by atoms with Crippen LogP contribution in [0.25, 0.3) is 0 Å². The highest BCUT2D eigenvalue weighted by Gasteiger charge is 2.44. The Hall–Kier alpha value is -0.900. The van der Waals surface area contributed by atoms with Crippen LogP contribution >= 0.6 is 11.6 Å². The first kappa shape index (κ1) is 9.65. The zero-order valence-electron chi connectivity index (χ0n) is 7.27. The Bertz CT molecular complexity index is 355. The molecule has 1 aliphatic carbocycles. The highest BCUT2D eigenvalue weighted by molar-refractivity contribution is 6.30. The van der Waals surface area contributed by atoms with Crippen LogP contribution in [0.15, 0.2) is 12.3 Å². The van der Waals surface area contributed by atoms with E-state index < -0.39 is 11.6 Å². The number of hydrogen-bond acceptors (Lipinski definition) is 2. The molecule has 0 atom stereocenters. The van der Waals surface area contributed by atoms with Crippen molar-refractivity contribution in [2.75, 3.05) is 6.61 Å². The van der Waals surface area contributed by atoms with Gasteiger partial charge in [0.15, 0.2) is 5.75 Å². The molecule has 0 spiro atoms. The van der Waals surface area contributed by atoms with E-state index in [2.05, 4.69) is 4.98 Å². The maximum atomic E-state index is 13.1. The quantitative estimate of drug-likeness (QED) is 0.730. The lowest BCUT2D eigenvalue weighted by Crippen LogP contribution is -2.14. The van der Waals surface area contributed by atoms with Gasteiger partial charge in [-0.3, -0.25) is 0 Å². The Morgan fingerprint density at radius 1 is 1.57 bits per heavy atom. The standard InChI is InChI=1S/C9H8ClF2NO/c10-6-3-7(8(11)13-4-6)14-5-9(12)1-2-9/h3-4H,1-2,5H2. The molecule has 0 aliphatic heterocycles. The zero-order chi connectivity index (χ0) is 10.2. The van der Waals surface area contributed by atoms with Crippen molar-refractivity contribution in [3.63, 3.8) is 0 Å². The minimum absolute atomic E-state index is 0.0959. The molecule has 1 fully saturated rings. The van der Waals surface area contributed by atoms with Crippen LogP contribution in [-0.4, -0.2) is 17.3 Å². The van der Waals surface area contributed by atoms with Crippen molar-refractivity contribution in [3.05, 3.63) is 23.2 Å². The molecule has 2 rings (SSSR count). The number of nitrogens with zero attached hydrogens (tertiary/aromatic N) is 1. The van der Waals surface area contributed by atoms with Crippen molar-refractivity contribution < 1.29 is 13.5 Å². The molecule has 1 aromatic rings. The Balaban J connectivity index is 2.04. The first-order chi connectivity index (χ1) is 6.59. The highest BCUT2D eigenvalue weighted by atomic mass is 35.5. The summed E-state index contributed by atoms with van der Waals surface area (Å²) in [7, 11) is 0. The molecular formula is C9H8ClF2NO. The lowest BCUT2D eigenvalue weighted by Gasteiger charge is -2.08. The average molecular weight is 220 g/mol. The van der Waals surface area contributed by atoms with Crippen LogP contribution in [0.2, 0.25) is 5.02 Å². The molecule has 0 N–H and O–H groups in total. The van der Waals surface area contributed by atoms with Gasteiger partial charge in [0.2, 0.25) is 0 Å². The number of ether oxygens (including phenoxy) is 1. The molecular weight excluding hydrogens is 212 g/mol. The molecule has 0 saturated heterocycles. The van der Waals surface area contributed by atoms with Gasteiger partial charge in [0.1, 0.15) is 12.3 Å². The van der Waals surface area contributed by atoms with E-state index in [1.165, 1.54) is 12.3 Å². The van der Waals surface area contributed by atoms with E-state index in [1.807, 2.05) is 0 Å². The Morgan fingerprint density at radius 3 is 2.93 bits per heavy atom. The molecule has 0 radical (unpaired) electrons. The summed E-state index contributed by atoms with van der Waals surface area (Å²) in [4.78, 5) is 3.35. The molecule has 0 aromatic carbocycles. The van der Waals surface area contributed by atoms with Crippen molar-refractivity contribution in [2.45, 2.75) is 18.5 Å². The van der Waals surface area contributed by atoms with Crippen LogP contribution in [0, 0.1) is 5.95 Å². The predicted octanol–water partition coefficient (Wildman–Crippen LogP) is 2.76. The molecule has 1 saturated carbocycles. The van der Waals surface area contributed by atoms with Crippen molar-refractivity contribution in [3.8, 4) is 5.75 Å². The summed E-state index contributed by atoms with van der Waals surface area (Å²) in [6.45, 7) is -0.133. The van der Waals surface area contributed by atoms with Gasteiger partial charge >= 0.3 is 0 Å². The smallest absolute Gasteiger partial charge is 0.255 e. The summed E-state index contributed by atoms with van der Waals surface area (Å²) >= 11 is 5.58. The lowest BCUT2D eigenvalue weighted by molar-refractivity contribution is 0.171. The number of hydrogen-bond donors (Lipinski definition) is 0. The molecule has 0 amide bonds. The Kier molecular flexibility index (Phi) is 2.31. The number of rotatable bonds is 3. The van der Waals surface area contributed by atoms with Crippen LogP contribution in [0.4, 0.5) is 8.78 Å². The predicted molar refractivity (Wildman–Crippen MR) is 47.8 cm³/mol. The SMILES string of the molecule is Fc1ncc(Cl)cc1OCC1(F)CC1. The molecule has 0 unspecified atom stereocenters. The van der Waals surface area contributed by atoms with E-state index in [0.29, 0.717) is 12.8 Å². The van der Waals surface area contributed by atoms with Crippen molar-refractivity contribution in [2.24, 2.45) is 0 Å². The van der Waals surface area contributed by atoms with Gasteiger partial charge in [-0.05, 0) is 12.8 Å². The van der Waals surface area contributed by atoms with E-state index >= 15 is 0 Å². The maximum Gasteiger partial charge on any atom is 0.255 e. The van der Waals surface area contributed by atoms with Crippen molar-refractivity contribution in [1.29, 1.82) is 0 Å². The van der Waals surface area contributed by atoms with Crippen LogP contribution < -0.4 is 4.74 Å². The van der Waals surface area contributed by atoms with Crippen LogP contribution in [0.3, 0.4) is 0 Å². The third-order valence-corrected chi connectivity index (χ3v) is 2.26. The maximum absolute atomic E-state index is 13.1. The summed E-state index contributed by atoms with van der Waals surface area (Å²) in [6.07, 6.45) is 2.12. The van der Waals surface area contributed by atoms with Gasteiger partial charge in [0, 0.05) is 12.3 Å². The summed E-state index contributed by atoms with van der Waals surface area (Å²) in [6, 6.07) is 1.29. The normalized spacial score (nSPS) is 17.9. The molecule has 5 heteroatoms. The fourth-order valence-electron chi connectivity index (χ4n) is 0.992. The van der Waals surface area contributed by atoms with Gasteiger partial charge in [-0.25, -0.2) is 9.37 Å². The van der Waals surface area contributed by atoms with Crippen molar-refractivity contribution >= 4 is 11.6 Å². The third kappa shape index (κ3) is 2.12. The monoisotopic (exact) mass is 219 g/mol. The fourth-order valence-corrected chi connectivity index (χ4v) is 1.14. The topological polar surface area (TPSA) is 22.1 Å². The summed E-state index contributed by atoms with van der Waals surface area (Å²) < 4.78 is 31.0. The fraction of sp³-hybridized carbons (Fsp3) is 0.444. The number of alkyl halides is 1. The molecule has 1 aliphatic rings. The van der Waals surface area contributed by atoms with Crippen LogP contribution in [0.1, 0.15) is 12.8 Å². The Labute approximate surface area is 84.9 Å². The van der Waals surface area contributed by atoms with E-state index in [1.54, 1.807) is 0 Å². The van der Waals surface area contributed by atoms with Crippen molar-refractivity contribution in [1.82, 2.24) is 4.98 Å². The third-order valence-electron chi connectivity index (χ3n) is 2.05. The van der Waals surface area contributed by atoms with E-state index in [9.17, 15) is 8.78 Å². The second kappa shape index (κ2) is 3.35. The minimum Gasteiger partial charge on any atom is -0.485 e. The number of pyridine rings is 1. The van der Waals surface area contributed by atoms with Gasteiger partial charge in [-0.15, -0.1) is 0 Å². The molecule has 1 aromatic heterocycles. The lowest BCUT2D eigenvalue weighted by atomic mass is 10.4. The van der Waals surface area contributed by atoms with E-state index in [-0.39, 0.29) is 17.4 Å². The van der Waals surface area contributed by atoms with Gasteiger partial charge in [0.05, 0.1) is 5.02 Å². The second-order valence-corrected chi connectivity index (χ2v) is 3.82. The first-order valence-corrected chi connectivity index (χ1v) is 4.60. The molecule has 76 valence electrons. The van der Waals surface area contributed by atoms with Gasteiger partial charge in [-0.1, -0.05) is 11.6 Å². The molecule has 1 heterocycles. The van der Waals surface area contributed by atoms with Gasteiger partial charge in [-0.2, -0.15) is 4.39 Å². The van der Waals surface area contributed by atoms with Crippen LogP contribution in [0.5, 0.6) is 5.75 Å². The minimum atomic E-state index is -1.27. The summed E-state index contributed by atoms with van der Waals surface area (Å²) in [5, 5.41) is 0.269.